The summed E-state index contributed by atoms with van der Waals surface area (Å²) < 4.78 is 37.8. The summed E-state index contributed by atoms with van der Waals surface area (Å²) in [7, 11) is 0. The molecule has 0 saturated heterocycles. The Morgan fingerprint density at radius 2 is 1.76 bits per heavy atom. The number of alkyl halides is 3. The number of nitrogen functional groups attached to an aromatic ring is 1. The average Bonchev–Trinajstić information content (AvgIpc) is 2.40. The first-order chi connectivity index (χ1) is 9.77. The fraction of sp³-hybridized carbons (Fsp3) is 0.0714. The van der Waals surface area contributed by atoms with Crippen molar-refractivity contribution in [3.8, 4) is 0 Å². The molecule has 110 valence electrons. The van der Waals surface area contributed by atoms with Crippen LogP contribution in [0.25, 0.3) is 0 Å². The highest BCUT2D eigenvalue weighted by atomic mass is 19.4. The van der Waals surface area contributed by atoms with Gasteiger partial charge in [-0.3, -0.25) is 0 Å². The van der Waals surface area contributed by atoms with Gasteiger partial charge in [0.2, 0.25) is 0 Å². The molecule has 0 heterocycles. The highest BCUT2D eigenvalue weighted by molar-refractivity contribution is 5.95. The van der Waals surface area contributed by atoms with Crippen molar-refractivity contribution in [1.82, 2.24) is 0 Å². The number of nitrogens with two attached hydrogens (primary N) is 1. The smallest absolute Gasteiger partial charge is 0.416 e. The molecule has 0 aliphatic carbocycles. The summed E-state index contributed by atoms with van der Waals surface area (Å²) in [6.45, 7) is 0. The molecule has 0 aromatic heterocycles. The number of aromatic carboxylic acids is 1. The predicted molar refractivity (Wildman–Crippen MR) is 72.5 cm³/mol. The van der Waals surface area contributed by atoms with Crippen LogP contribution in [-0.2, 0) is 6.18 Å². The number of benzene rings is 2. The van der Waals surface area contributed by atoms with E-state index in [1.165, 1.54) is 30.3 Å². The van der Waals surface area contributed by atoms with Gasteiger partial charge in [-0.25, -0.2) is 4.79 Å². The van der Waals surface area contributed by atoms with Crippen molar-refractivity contribution in [1.29, 1.82) is 0 Å². The molecule has 2 rings (SSSR count). The van der Waals surface area contributed by atoms with E-state index in [0.29, 0.717) is 5.69 Å². The molecule has 0 aliphatic heterocycles. The zero-order valence-corrected chi connectivity index (χ0v) is 10.6. The Kier molecular flexibility index (Phi) is 3.75. The first-order valence-corrected chi connectivity index (χ1v) is 5.84. The first kappa shape index (κ1) is 14.7. The summed E-state index contributed by atoms with van der Waals surface area (Å²) in [5.74, 6) is -1.21. The Morgan fingerprint density at radius 3 is 2.38 bits per heavy atom. The average molecular weight is 296 g/mol. The lowest BCUT2D eigenvalue weighted by Crippen LogP contribution is -2.06. The zero-order valence-electron chi connectivity index (χ0n) is 10.6. The van der Waals surface area contributed by atoms with Gasteiger partial charge in [-0.2, -0.15) is 13.2 Å². The van der Waals surface area contributed by atoms with Gasteiger partial charge in [0.15, 0.2) is 0 Å². The molecule has 4 nitrogen and oxygen atoms in total. The van der Waals surface area contributed by atoms with Crippen LogP contribution in [0.5, 0.6) is 0 Å². The maximum Gasteiger partial charge on any atom is 0.416 e. The number of nitrogens with one attached hydrogen (secondary N) is 1. The molecular formula is C14H11F3N2O2. The van der Waals surface area contributed by atoms with Crippen LogP contribution in [0, 0.1) is 0 Å². The summed E-state index contributed by atoms with van der Waals surface area (Å²) in [6.07, 6.45) is -4.44. The SMILES string of the molecule is Nc1ccc(Nc2cccc(C(F)(F)F)c2)cc1C(=O)O. The van der Waals surface area contributed by atoms with Gasteiger partial charge in [0.25, 0.3) is 0 Å². The third-order valence-electron chi connectivity index (χ3n) is 2.76. The molecule has 2 aromatic carbocycles. The number of carbonyl (C=O) groups is 1. The highest BCUT2D eigenvalue weighted by Crippen LogP contribution is 2.31. The van der Waals surface area contributed by atoms with Crippen molar-refractivity contribution in [2.45, 2.75) is 6.18 Å². The number of carboxylic acids is 1. The van der Waals surface area contributed by atoms with Crippen molar-refractivity contribution in [3.63, 3.8) is 0 Å². The molecule has 0 atom stereocenters. The fourth-order valence-electron chi connectivity index (χ4n) is 1.76. The third-order valence-corrected chi connectivity index (χ3v) is 2.76. The van der Waals surface area contributed by atoms with E-state index in [9.17, 15) is 18.0 Å². The van der Waals surface area contributed by atoms with Crippen LogP contribution in [0.4, 0.5) is 30.2 Å². The van der Waals surface area contributed by atoms with Gasteiger partial charge in [-0.1, -0.05) is 6.07 Å². The molecule has 0 unspecified atom stereocenters. The van der Waals surface area contributed by atoms with E-state index in [4.69, 9.17) is 10.8 Å². The van der Waals surface area contributed by atoms with Gasteiger partial charge in [-0.05, 0) is 36.4 Å². The summed E-state index contributed by atoms with van der Waals surface area (Å²) in [4.78, 5) is 11.0. The number of hydrogen-bond donors (Lipinski definition) is 3. The lowest BCUT2D eigenvalue weighted by atomic mass is 10.1. The second-order valence-electron chi connectivity index (χ2n) is 4.31. The predicted octanol–water partition coefficient (Wildman–Crippen LogP) is 3.73. The molecule has 0 spiro atoms. The van der Waals surface area contributed by atoms with E-state index < -0.39 is 17.7 Å². The molecule has 0 radical (unpaired) electrons. The number of anilines is 3. The van der Waals surface area contributed by atoms with Gasteiger partial charge < -0.3 is 16.2 Å². The molecular weight excluding hydrogens is 285 g/mol. The monoisotopic (exact) mass is 296 g/mol. The molecule has 7 heteroatoms. The number of halogens is 3. The number of hydrogen-bond acceptors (Lipinski definition) is 3. The van der Waals surface area contributed by atoms with Gasteiger partial charge in [0.05, 0.1) is 11.1 Å². The lowest BCUT2D eigenvalue weighted by molar-refractivity contribution is -0.137. The van der Waals surface area contributed by atoms with Crippen LogP contribution in [0.3, 0.4) is 0 Å². The number of carboxylic acid groups (broad SMARTS) is 1. The van der Waals surface area contributed by atoms with Crippen LogP contribution in [-0.4, -0.2) is 11.1 Å². The van der Waals surface area contributed by atoms with Gasteiger partial charge in [0.1, 0.15) is 0 Å². The van der Waals surface area contributed by atoms with Gasteiger partial charge in [-0.15, -0.1) is 0 Å². The number of rotatable bonds is 3. The van der Waals surface area contributed by atoms with Crippen LogP contribution in [0.2, 0.25) is 0 Å². The standard InChI is InChI=1S/C14H11F3N2O2/c15-14(16,17)8-2-1-3-9(6-8)19-10-4-5-12(18)11(7-10)13(20)21/h1-7,19H,18H2,(H,20,21). The third kappa shape index (κ3) is 3.44. The van der Waals surface area contributed by atoms with E-state index in [2.05, 4.69) is 5.32 Å². The Hall–Kier alpha value is -2.70. The summed E-state index contributed by atoms with van der Waals surface area (Å²) in [5.41, 5.74) is 5.21. The zero-order chi connectivity index (χ0) is 15.6. The van der Waals surface area contributed by atoms with Crippen molar-refractivity contribution in [3.05, 3.63) is 53.6 Å². The second-order valence-corrected chi connectivity index (χ2v) is 4.31. The van der Waals surface area contributed by atoms with Gasteiger partial charge in [0, 0.05) is 17.1 Å². The second kappa shape index (κ2) is 5.35. The molecule has 0 saturated carbocycles. The molecule has 0 amide bonds. The van der Waals surface area contributed by atoms with Crippen LogP contribution >= 0.6 is 0 Å². The van der Waals surface area contributed by atoms with E-state index in [-0.39, 0.29) is 16.9 Å². The van der Waals surface area contributed by atoms with E-state index >= 15 is 0 Å². The Balaban J connectivity index is 2.31. The van der Waals surface area contributed by atoms with Crippen molar-refractivity contribution in [2.75, 3.05) is 11.1 Å². The van der Waals surface area contributed by atoms with Crippen LogP contribution < -0.4 is 11.1 Å². The minimum absolute atomic E-state index is 0.0806. The maximum atomic E-state index is 12.6. The molecule has 0 aliphatic rings. The summed E-state index contributed by atoms with van der Waals surface area (Å²) in [5, 5.41) is 11.7. The summed E-state index contributed by atoms with van der Waals surface area (Å²) in [6, 6.07) is 8.74. The highest BCUT2D eigenvalue weighted by Gasteiger charge is 2.30. The van der Waals surface area contributed by atoms with Crippen LogP contribution in [0.1, 0.15) is 15.9 Å². The molecule has 2 aromatic rings. The molecule has 0 bridgehead atoms. The van der Waals surface area contributed by atoms with Crippen LogP contribution in [0.15, 0.2) is 42.5 Å². The minimum Gasteiger partial charge on any atom is -0.478 e. The first-order valence-electron chi connectivity index (χ1n) is 5.84. The maximum absolute atomic E-state index is 12.6. The van der Waals surface area contributed by atoms with E-state index in [1.807, 2.05) is 0 Å². The fourth-order valence-corrected chi connectivity index (χ4v) is 1.76. The minimum atomic E-state index is -4.44. The normalized spacial score (nSPS) is 11.2. The summed E-state index contributed by atoms with van der Waals surface area (Å²) >= 11 is 0. The topological polar surface area (TPSA) is 75.3 Å². The largest absolute Gasteiger partial charge is 0.478 e. The van der Waals surface area contributed by atoms with Gasteiger partial charge >= 0.3 is 12.1 Å². The Bertz CT molecular complexity index is 684. The van der Waals surface area contributed by atoms with Crippen molar-refractivity contribution < 1.29 is 23.1 Å². The Morgan fingerprint density at radius 1 is 1.10 bits per heavy atom. The molecule has 4 N–H and O–H groups in total. The Labute approximate surface area is 118 Å². The molecule has 21 heavy (non-hydrogen) atoms. The lowest BCUT2D eigenvalue weighted by Gasteiger charge is -2.11. The van der Waals surface area contributed by atoms with Crippen molar-refractivity contribution >= 4 is 23.0 Å². The van der Waals surface area contributed by atoms with E-state index in [0.717, 1.165) is 12.1 Å². The van der Waals surface area contributed by atoms with E-state index in [1.54, 1.807) is 0 Å². The quantitative estimate of drug-likeness (QED) is 0.754. The molecule has 0 fully saturated rings. The van der Waals surface area contributed by atoms with Crippen molar-refractivity contribution in [2.24, 2.45) is 0 Å².